The Bertz CT molecular complexity index is 447. The van der Waals surface area contributed by atoms with Crippen LogP contribution < -0.4 is 0 Å². The van der Waals surface area contributed by atoms with Crippen molar-refractivity contribution in [3.05, 3.63) is 11.9 Å². The van der Waals surface area contributed by atoms with Crippen LogP contribution in [0.1, 0.15) is 19.0 Å². The first kappa shape index (κ1) is 14.4. The fourth-order valence-corrected chi connectivity index (χ4v) is 3.28. The van der Waals surface area contributed by atoms with Crippen LogP contribution in [0.4, 0.5) is 0 Å². The average molecular weight is 283 g/mol. The summed E-state index contributed by atoms with van der Waals surface area (Å²) in [6.07, 6.45) is 3.24. The van der Waals surface area contributed by atoms with Crippen LogP contribution in [0.3, 0.4) is 0 Å². The minimum absolute atomic E-state index is 0.0716. The van der Waals surface area contributed by atoms with Gasteiger partial charge < -0.3 is 14.6 Å². The lowest BCUT2D eigenvalue weighted by Gasteiger charge is -2.14. The number of aromatic nitrogens is 2. The van der Waals surface area contributed by atoms with Crippen LogP contribution in [0.5, 0.6) is 0 Å². The van der Waals surface area contributed by atoms with Gasteiger partial charge in [0.25, 0.3) is 0 Å². The number of carboxylic acid groups (broad SMARTS) is 1. The number of hydrogen-bond donors (Lipinski definition) is 1. The zero-order valence-corrected chi connectivity index (χ0v) is 12.3. The van der Waals surface area contributed by atoms with Crippen LogP contribution in [0.15, 0.2) is 11.4 Å². The van der Waals surface area contributed by atoms with Gasteiger partial charge in [-0.3, -0.25) is 4.79 Å². The Morgan fingerprint density at radius 2 is 2.42 bits per heavy atom. The topological polar surface area (TPSA) is 58.4 Å². The number of aryl methyl sites for hydroxylation is 1. The molecule has 1 fully saturated rings. The molecule has 0 radical (unpaired) electrons. The quantitative estimate of drug-likeness (QED) is 0.805. The molecule has 0 saturated carbocycles. The van der Waals surface area contributed by atoms with Crippen LogP contribution in [0, 0.1) is 12.8 Å². The highest BCUT2D eigenvalue weighted by molar-refractivity contribution is 7.99. The molecule has 1 saturated heterocycles. The maximum absolute atomic E-state index is 10.7. The zero-order valence-electron chi connectivity index (χ0n) is 11.5. The van der Waals surface area contributed by atoms with Gasteiger partial charge in [0.1, 0.15) is 0 Å². The van der Waals surface area contributed by atoms with E-state index in [1.165, 1.54) is 24.7 Å². The molecule has 1 unspecified atom stereocenters. The number of nitrogens with zero attached hydrogens (tertiary/aromatic N) is 3. The van der Waals surface area contributed by atoms with Crippen LogP contribution in [-0.4, -0.2) is 50.9 Å². The molecule has 2 rings (SSSR count). The molecule has 6 heteroatoms. The number of carboxylic acids is 1. The molecule has 1 aliphatic heterocycles. The molecule has 19 heavy (non-hydrogen) atoms. The maximum Gasteiger partial charge on any atom is 0.313 e. The summed E-state index contributed by atoms with van der Waals surface area (Å²) in [5.41, 5.74) is 0.957. The number of thioether (sulfide) groups is 1. The van der Waals surface area contributed by atoms with Gasteiger partial charge in [0, 0.05) is 19.3 Å². The van der Waals surface area contributed by atoms with Gasteiger partial charge >= 0.3 is 5.97 Å². The van der Waals surface area contributed by atoms with E-state index in [2.05, 4.69) is 21.4 Å². The monoisotopic (exact) mass is 283 g/mol. The van der Waals surface area contributed by atoms with E-state index in [0.29, 0.717) is 5.92 Å². The number of carbonyl (C=O) groups is 1. The summed E-state index contributed by atoms with van der Waals surface area (Å²) in [6, 6.07) is 0. The van der Waals surface area contributed by atoms with E-state index < -0.39 is 5.97 Å². The molecule has 0 aliphatic carbocycles. The van der Waals surface area contributed by atoms with Crippen molar-refractivity contribution in [3.63, 3.8) is 0 Å². The van der Waals surface area contributed by atoms with E-state index >= 15 is 0 Å². The third-order valence-electron chi connectivity index (χ3n) is 3.46. The predicted molar refractivity (Wildman–Crippen MR) is 75.5 cm³/mol. The molecule has 0 spiro atoms. The van der Waals surface area contributed by atoms with Crippen molar-refractivity contribution in [1.29, 1.82) is 0 Å². The molecule has 0 amide bonds. The normalized spacial score (nSPS) is 20.0. The lowest BCUT2D eigenvalue weighted by molar-refractivity contribution is -0.133. The molecule has 1 aromatic rings. The fraction of sp³-hybridized carbons (Fsp3) is 0.692. The number of hydrogen-bond acceptors (Lipinski definition) is 4. The molecule has 1 atom stereocenters. The lowest BCUT2D eigenvalue weighted by Crippen LogP contribution is -2.21. The van der Waals surface area contributed by atoms with Crippen molar-refractivity contribution in [2.45, 2.75) is 32.0 Å². The molecule has 0 bridgehead atoms. The van der Waals surface area contributed by atoms with Gasteiger partial charge in [0.2, 0.25) is 0 Å². The molecular weight excluding hydrogens is 262 g/mol. The van der Waals surface area contributed by atoms with Crippen molar-refractivity contribution >= 4 is 17.7 Å². The van der Waals surface area contributed by atoms with Gasteiger partial charge in [0.05, 0.1) is 11.4 Å². The highest BCUT2D eigenvalue weighted by atomic mass is 32.2. The number of imidazole rings is 1. The van der Waals surface area contributed by atoms with E-state index in [0.717, 1.165) is 30.5 Å². The Morgan fingerprint density at radius 3 is 3.05 bits per heavy atom. The standard InChI is InChI=1S/C13H21N3O2S/c1-3-15-5-4-11(7-15)8-16-6-10(2)14-13(16)19-9-12(17)18/h6,11H,3-5,7-9H2,1-2H3,(H,17,18). The molecule has 1 aliphatic rings. The van der Waals surface area contributed by atoms with Gasteiger partial charge in [-0.05, 0) is 32.4 Å². The fourth-order valence-electron chi connectivity index (χ4n) is 2.52. The van der Waals surface area contributed by atoms with E-state index in [1.807, 2.05) is 13.1 Å². The van der Waals surface area contributed by atoms with Gasteiger partial charge in [-0.15, -0.1) is 0 Å². The van der Waals surface area contributed by atoms with Crippen LogP contribution in [0.2, 0.25) is 0 Å². The van der Waals surface area contributed by atoms with E-state index in [9.17, 15) is 4.79 Å². The van der Waals surface area contributed by atoms with Crippen LogP contribution in [-0.2, 0) is 11.3 Å². The summed E-state index contributed by atoms with van der Waals surface area (Å²) in [5.74, 6) is -0.0738. The number of rotatable bonds is 6. The Kier molecular flexibility index (Phi) is 4.87. The van der Waals surface area contributed by atoms with Crippen molar-refractivity contribution in [1.82, 2.24) is 14.5 Å². The first-order valence-corrected chi connectivity index (χ1v) is 7.67. The van der Waals surface area contributed by atoms with Crippen molar-refractivity contribution in [3.8, 4) is 0 Å². The second kappa shape index (κ2) is 6.43. The van der Waals surface area contributed by atoms with Gasteiger partial charge in [-0.1, -0.05) is 18.7 Å². The summed E-state index contributed by atoms with van der Waals surface area (Å²) >= 11 is 1.30. The highest BCUT2D eigenvalue weighted by Crippen LogP contribution is 2.23. The summed E-state index contributed by atoms with van der Waals surface area (Å²) in [6.45, 7) is 8.51. The average Bonchev–Trinajstić information content (AvgIpc) is 2.94. The summed E-state index contributed by atoms with van der Waals surface area (Å²) < 4.78 is 2.12. The molecular formula is C13H21N3O2S. The second-order valence-electron chi connectivity index (χ2n) is 5.05. The first-order chi connectivity index (χ1) is 9.08. The van der Waals surface area contributed by atoms with E-state index in [-0.39, 0.29) is 5.75 Å². The largest absolute Gasteiger partial charge is 0.481 e. The van der Waals surface area contributed by atoms with E-state index in [4.69, 9.17) is 5.11 Å². The third-order valence-corrected chi connectivity index (χ3v) is 4.43. The molecule has 0 aromatic carbocycles. The first-order valence-electron chi connectivity index (χ1n) is 6.69. The summed E-state index contributed by atoms with van der Waals surface area (Å²) in [5, 5.41) is 9.59. The van der Waals surface area contributed by atoms with Gasteiger partial charge in [-0.25, -0.2) is 4.98 Å². The van der Waals surface area contributed by atoms with Crippen molar-refractivity contribution < 1.29 is 9.90 Å². The van der Waals surface area contributed by atoms with Crippen molar-refractivity contribution in [2.75, 3.05) is 25.4 Å². The summed E-state index contributed by atoms with van der Waals surface area (Å²) in [4.78, 5) is 17.5. The van der Waals surface area contributed by atoms with Crippen LogP contribution in [0.25, 0.3) is 0 Å². The lowest BCUT2D eigenvalue weighted by atomic mass is 10.1. The molecule has 2 heterocycles. The van der Waals surface area contributed by atoms with E-state index in [1.54, 1.807) is 0 Å². The molecule has 1 N–H and O–H groups in total. The number of likely N-dealkylation sites (tertiary alicyclic amines) is 1. The minimum atomic E-state index is -0.796. The van der Waals surface area contributed by atoms with Crippen LogP contribution >= 0.6 is 11.8 Å². The third kappa shape index (κ3) is 3.98. The molecule has 106 valence electrons. The maximum atomic E-state index is 10.7. The predicted octanol–water partition coefficient (Wildman–Crippen LogP) is 1.71. The Morgan fingerprint density at radius 1 is 1.63 bits per heavy atom. The van der Waals surface area contributed by atoms with Crippen molar-refractivity contribution in [2.24, 2.45) is 5.92 Å². The minimum Gasteiger partial charge on any atom is -0.481 e. The SMILES string of the molecule is CCN1CCC(Cn2cc(C)nc2SCC(=O)O)C1. The van der Waals surface area contributed by atoms with Gasteiger partial charge in [0.15, 0.2) is 5.16 Å². The second-order valence-corrected chi connectivity index (χ2v) is 5.99. The Hall–Kier alpha value is -1.01. The number of aliphatic carboxylic acids is 1. The smallest absolute Gasteiger partial charge is 0.313 e. The Labute approximate surface area is 118 Å². The van der Waals surface area contributed by atoms with Gasteiger partial charge in [-0.2, -0.15) is 0 Å². The summed E-state index contributed by atoms with van der Waals surface area (Å²) in [7, 11) is 0. The molecule has 5 nitrogen and oxygen atoms in total. The highest BCUT2D eigenvalue weighted by Gasteiger charge is 2.22. The Balaban J connectivity index is 1.97. The molecule has 1 aromatic heterocycles. The zero-order chi connectivity index (χ0) is 13.8.